The van der Waals surface area contributed by atoms with E-state index in [-0.39, 0.29) is 5.34 Å². The zero-order valence-corrected chi connectivity index (χ0v) is 13.4. The molecule has 1 N–H and O–H groups in total. The summed E-state index contributed by atoms with van der Waals surface area (Å²) in [6.07, 6.45) is 0. The van der Waals surface area contributed by atoms with Crippen LogP contribution in [-0.2, 0) is 69.0 Å². The monoisotopic (exact) mass is 445 g/mol. The SMILES string of the molecule is N=N/N=N/N=N/N=N/N=N/N(OOOOOOOS)OOOOOOOS. The summed E-state index contributed by atoms with van der Waals surface area (Å²) in [7, 11) is 0. The Labute approximate surface area is 153 Å². The number of thiol groups is 2. The van der Waals surface area contributed by atoms with Crippen molar-refractivity contribution in [1.82, 2.24) is 5.34 Å². The predicted molar refractivity (Wildman–Crippen MR) is 59.6 cm³/mol. The summed E-state index contributed by atoms with van der Waals surface area (Å²) in [4.78, 5) is 8.05. The van der Waals surface area contributed by atoms with Crippen molar-refractivity contribution in [3.8, 4) is 0 Å². The fourth-order valence-corrected chi connectivity index (χ4v) is 0.422. The van der Waals surface area contributed by atoms with Crippen molar-refractivity contribution in [2.45, 2.75) is 0 Å². The molecule has 0 aliphatic rings. The molecule has 0 aliphatic carbocycles. The van der Waals surface area contributed by atoms with Gasteiger partial charge in [-0.15, -0.1) is 8.67 Å². The maximum atomic E-state index is 6.23. The van der Waals surface area contributed by atoms with Crippen molar-refractivity contribution in [3.05, 3.63) is 0 Å². The smallest absolute Gasteiger partial charge is 0.0559 e. The van der Waals surface area contributed by atoms with Gasteiger partial charge in [-0.25, -0.2) is 0 Å². The Balaban J connectivity index is 4.17. The maximum Gasteiger partial charge on any atom is 0.0559 e. The molecule has 27 heavy (non-hydrogen) atoms. The second-order valence-electron chi connectivity index (χ2n) is 2.03. The van der Waals surface area contributed by atoms with Crippen molar-refractivity contribution in [2.24, 2.45) is 47.0 Å². The van der Waals surface area contributed by atoms with Gasteiger partial charge in [0.2, 0.25) is 0 Å². The molecule has 0 rings (SSSR count). The summed E-state index contributed by atoms with van der Waals surface area (Å²) in [5.74, 6) is 0. The highest BCUT2D eigenvalue weighted by Crippen LogP contribution is 2.01. The topological polar surface area (TPSA) is 268 Å². The molecule has 25 nitrogen and oxygen atoms in total. The lowest BCUT2D eigenvalue weighted by atomic mass is 12.3. The Kier molecular flexibility index (Phi) is 20.3. The van der Waals surface area contributed by atoms with Crippen LogP contribution in [0.1, 0.15) is 0 Å². The van der Waals surface area contributed by atoms with Gasteiger partial charge in [0.15, 0.2) is 0 Å². The third kappa shape index (κ3) is 20.1. The van der Waals surface area contributed by atoms with Gasteiger partial charge in [-0.2, -0.15) is 5.53 Å². The Morgan fingerprint density at radius 3 is 1.41 bits per heavy atom. The van der Waals surface area contributed by atoms with Crippen LogP contribution >= 0.6 is 25.8 Å². The Morgan fingerprint density at radius 1 is 0.519 bits per heavy atom. The first-order valence-corrected chi connectivity index (χ1v) is 5.48. The molecule has 0 saturated carbocycles. The van der Waals surface area contributed by atoms with E-state index in [4.69, 9.17) is 5.53 Å². The third-order valence-electron chi connectivity index (χ3n) is 0.869. The highest BCUT2D eigenvalue weighted by atomic mass is 32.1. The van der Waals surface area contributed by atoms with E-state index in [1.807, 2.05) is 0 Å². The molecular weight excluding hydrogens is 442 g/mol. The number of nitrogens with one attached hydrogen (secondary N) is 1. The van der Waals surface area contributed by atoms with Gasteiger partial charge in [0.25, 0.3) is 0 Å². The van der Waals surface area contributed by atoms with E-state index in [0.717, 1.165) is 0 Å². The maximum absolute atomic E-state index is 6.23. The molecule has 0 aromatic carbocycles. The highest BCUT2D eigenvalue weighted by Gasteiger charge is 2.09. The van der Waals surface area contributed by atoms with Crippen molar-refractivity contribution < 1.29 is 69.0 Å². The molecule has 0 spiro atoms. The lowest BCUT2D eigenvalue weighted by Gasteiger charge is -2.07. The van der Waals surface area contributed by atoms with Crippen LogP contribution in [0.2, 0.25) is 0 Å². The van der Waals surface area contributed by atoms with Crippen molar-refractivity contribution in [1.29, 1.82) is 5.53 Å². The van der Waals surface area contributed by atoms with Gasteiger partial charge in [-0.3, -0.25) is 0 Å². The van der Waals surface area contributed by atoms with Crippen LogP contribution < -0.4 is 0 Å². The Morgan fingerprint density at radius 2 is 0.926 bits per heavy atom. The predicted octanol–water partition coefficient (Wildman–Crippen LogP) is 1.44. The molecule has 0 radical (unpaired) electrons. The summed E-state index contributed by atoms with van der Waals surface area (Å²) in [5, 5.41) is 61.8. The normalized spacial score (nSPS) is 12.2. The van der Waals surface area contributed by atoms with Crippen LogP contribution in [0.15, 0.2) is 47.0 Å². The zero-order chi connectivity index (χ0) is 19.8. The van der Waals surface area contributed by atoms with Gasteiger partial charge in [-0.05, 0) is 86.5 Å². The standard InChI is InChI=1S/H3N11O14S2/c1-2-3-4-5-6-7-8-9-10-11(12-14-16-18-20-22-24-26)13-15-17-19-21-23-25-27/h1,26-27H/b2-1?,4-3+,6-5+,8-7+,10-9+. The average Bonchev–Trinajstić information content (AvgIpc) is 2.68. The highest BCUT2D eigenvalue weighted by molar-refractivity contribution is 7.75. The van der Waals surface area contributed by atoms with E-state index in [2.05, 4.69) is 142 Å². The number of nitrogens with zero attached hydrogens (tertiary/aromatic N) is 10. The molecule has 0 saturated heterocycles. The van der Waals surface area contributed by atoms with Gasteiger partial charge >= 0.3 is 0 Å². The number of hydrogen-bond donors (Lipinski definition) is 3. The molecule has 0 fully saturated rings. The first-order valence-electron chi connectivity index (χ1n) is 4.75. The molecule has 0 aromatic heterocycles. The molecule has 0 atom stereocenters. The quantitative estimate of drug-likeness (QED) is 0.0633. The molecule has 154 valence electrons. The Bertz CT molecular complexity index is 427. The van der Waals surface area contributed by atoms with E-state index in [1.54, 1.807) is 0 Å². The fraction of sp³-hybridized carbons (Fsp3) is 0. The van der Waals surface area contributed by atoms with Crippen LogP contribution in [0.4, 0.5) is 0 Å². The summed E-state index contributed by atoms with van der Waals surface area (Å²) < 4.78 is 7.24. The summed E-state index contributed by atoms with van der Waals surface area (Å²) in [6.45, 7) is 0. The van der Waals surface area contributed by atoms with E-state index >= 15 is 0 Å². The summed E-state index contributed by atoms with van der Waals surface area (Å²) >= 11 is 6.17. The van der Waals surface area contributed by atoms with Crippen LogP contribution in [0.25, 0.3) is 0 Å². The van der Waals surface area contributed by atoms with E-state index in [0.29, 0.717) is 0 Å². The molecule has 0 aromatic rings. The van der Waals surface area contributed by atoms with Gasteiger partial charge in [0.1, 0.15) is 0 Å². The molecule has 0 heterocycles. The minimum absolute atomic E-state index is 0.187. The van der Waals surface area contributed by atoms with Crippen molar-refractivity contribution >= 4 is 25.8 Å². The average molecular weight is 445 g/mol. The number of hydrogen-bond acceptors (Lipinski definition) is 18. The van der Waals surface area contributed by atoms with Crippen molar-refractivity contribution in [2.75, 3.05) is 0 Å². The van der Waals surface area contributed by atoms with Gasteiger partial charge in [-0.1, -0.05) is 0 Å². The van der Waals surface area contributed by atoms with E-state index in [1.165, 1.54) is 0 Å². The third-order valence-corrected chi connectivity index (χ3v) is 0.991. The first-order chi connectivity index (χ1) is 13.3. The van der Waals surface area contributed by atoms with Gasteiger partial charge < -0.3 is 0 Å². The summed E-state index contributed by atoms with van der Waals surface area (Å²) in [5.41, 5.74) is 6.23. The Hall–Kier alpha value is -2.06. The lowest BCUT2D eigenvalue weighted by Crippen LogP contribution is -2.19. The van der Waals surface area contributed by atoms with Crippen LogP contribution in [0, 0.1) is 5.53 Å². The minimum atomic E-state index is -0.187. The van der Waals surface area contributed by atoms with Gasteiger partial charge in [0.05, 0.1) is 5.34 Å². The molecule has 0 bridgehead atoms. The zero-order valence-electron chi connectivity index (χ0n) is 11.6. The lowest BCUT2D eigenvalue weighted by molar-refractivity contribution is -0.839. The molecular formula is H3N11O14S2. The molecule has 27 heteroatoms. The van der Waals surface area contributed by atoms with Crippen LogP contribution in [-0.4, -0.2) is 5.34 Å². The van der Waals surface area contributed by atoms with Gasteiger partial charge in [0, 0.05) is 46.7 Å². The fourth-order valence-electron chi connectivity index (χ4n) is 0.372. The number of rotatable bonds is 19. The molecule has 0 aliphatic heterocycles. The summed E-state index contributed by atoms with van der Waals surface area (Å²) in [6, 6.07) is 0. The second kappa shape index (κ2) is 22.0. The molecule has 0 unspecified atom stereocenters. The van der Waals surface area contributed by atoms with E-state index < -0.39 is 0 Å². The first kappa shape index (κ1) is 24.9. The van der Waals surface area contributed by atoms with Crippen molar-refractivity contribution in [3.63, 3.8) is 0 Å². The largest absolute Gasteiger partial charge is 0.183 e. The van der Waals surface area contributed by atoms with Crippen LogP contribution in [0.5, 0.6) is 0 Å². The molecule has 0 amide bonds. The minimum Gasteiger partial charge on any atom is -0.183 e. The van der Waals surface area contributed by atoms with Crippen LogP contribution in [0.3, 0.4) is 0 Å². The van der Waals surface area contributed by atoms with E-state index in [9.17, 15) is 0 Å². The second-order valence-corrected chi connectivity index (χ2v) is 2.33.